The Kier molecular flexibility index (Phi) is 3.80. The van der Waals surface area contributed by atoms with Crippen LogP contribution >= 0.6 is 15.9 Å². The zero-order chi connectivity index (χ0) is 16.1. The van der Waals surface area contributed by atoms with E-state index in [1.54, 1.807) is 0 Å². The van der Waals surface area contributed by atoms with Crippen LogP contribution in [0.4, 0.5) is 0 Å². The van der Waals surface area contributed by atoms with E-state index < -0.39 is 5.60 Å². The molecule has 3 nitrogen and oxygen atoms in total. The second-order valence-electron chi connectivity index (χ2n) is 7.84. The first kappa shape index (κ1) is 15.6. The van der Waals surface area contributed by atoms with Gasteiger partial charge in [-0.05, 0) is 49.3 Å². The highest BCUT2D eigenvalue weighted by Gasteiger charge is 2.75. The molecule has 0 saturated heterocycles. The van der Waals surface area contributed by atoms with Crippen molar-refractivity contribution in [3.8, 4) is 0 Å². The lowest BCUT2D eigenvalue weighted by Crippen LogP contribution is -2.47. The van der Waals surface area contributed by atoms with Crippen LogP contribution in [0.3, 0.4) is 0 Å². The standard InChI is InChI=1S/C19H24BrNO2/c20-16-6-4-5-14(9-16)12-21(17(22)19-10-15(19)11-19)13-18(23)7-2-1-3-8-18/h4-6,9,15,23H,1-3,7-8,10-13H2. The van der Waals surface area contributed by atoms with Crippen LogP contribution in [0.2, 0.25) is 0 Å². The topological polar surface area (TPSA) is 40.5 Å². The molecule has 0 spiro atoms. The number of fused-ring (bicyclic) bond motifs is 1. The van der Waals surface area contributed by atoms with E-state index in [-0.39, 0.29) is 11.3 Å². The number of carbonyl (C=O) groups is 1. The van der Waals surface area contributed by atoms with Crippen LogP contribution < -0.4 is 0 Å². The molecule has 1 amide bonds. The van der Waals surface area contributed by atoms with E-state index in [4.69, 9.17) is 0 Å². The van der Waals surface area contributed by atoms with Gasteiger partial charge in [0.1, 0.15) is 0 Å². The monoisotopic (exact) mass is 377 g/mol. The van der Waals surface area contributed by atoms with E-state index in [0.717, 1.165) is 48.6 Å². The summed E-state index contributed by atoms with van der Waals surface area (Å²) in [7, 11) is 0. The van der Waals surface area contributed by atoms with Crippen LogP contribution in [0.5, 0.6) is 0 Å². The van der Waals surface area contributed by atoms with Gasteiger partial charge >= 0.3 is 0 Å². The van der Waals surface area contributed by atoms with E-state index in [1.165, 1.54) is 6.42 Å². The van der Waals surface area contributed by atoms with Gasteiger partial charge in [-0.3, -0.25) is 4.79 Å². The van der Waals surface area contributed by atoms with Crippen LogP contribution in [0.1, 0.15) is 50.5 Å². The van der Waals surface area contributed by atoms with Crippen LogP contribution in [-0.4, -0.2) is 28.1 Å². The minimum Gasteiger partial charge on any atom is -0.388 e. The largest absolute Gasteiger partial charge is 0.388 e. The maximum Gasteiger partial charge on any atom is 0.229 e. The fourth-order valence-corrected chi connectivity index (χ4v) is 4.59. The second-order valence-corrected chi connectivity index (χ2v) is 8.75. The number of amides is 1. The van der Waals surface area contributed by atoms with Gasteiger partial charge in [0, 0.05) is 17.6 Å². The average Bonchev–Trinajstić information content (AvgIpc) is 3.36. The van der Waals surface area contributed by atoms with Crippen molar-refractivity contribution in [3.63, 3.8) is 0 Å². The van der Waals surface area contributed by atoms with Crippen molar-refractivity contribution in [1.29, 1.82) is 0 Å². The Morgan fingerprint density at radius 1 is 1.26 bits per heavy atom. The van der Waals surface area contributed by atoms with E-state index in [0.29, 0.717) is 19.0 Å². The second kappa shape index (κ2) is 5.59. The molecule has 3 aliphatic rings. The van der Waals surface area contributed by atoms with Gasteiger partial charge in [0.05, 0.1) is 11.0 Å². The molecule has 1 N–H and O–H groups in total. The van der Waals surface area contributed by atoms with Gasteiger partial charge in [0.25, 0.3) is 0 Å². The molecular formula is C19H24BrNO2. The molecule has 0 radical (unpaired) electrons. The predicted octanol–water partition coefficient (Wildman–Crippen LogP) is 3.88. The molecule has 4 rings (SSSR count). The van der Waals surface area contributed by atoms with Gasteiger partial charge in [-0.1, -0.05) is 47.3 Å². The Balaban J connectivity index is 1.52. The minimum atomic E-state index is -0.685. The van der Waals surface area contributed by atoms with Crippen molar-refractivity contribution < 1.29 is 9.90 Å². The number of carbonyl (C=O) groups excluding carboxylic acids is 1. The van der Waals surface area contributed by atoms with Crippen molar-refractivity contribution in [2.75, 3.05) is 6.54 Å². The summed E-state index contributed by atoms with van der Waals surface area (Å²) in [5.41, 5.74) is 0.411. The maximum absolute atomic E-state index is 13.0. The molecule has 0 heterocycles. The van der Waals surface area contributed by atoms with Crippen molar-refractivity contribution in [3.05, 3.63) is 34.3 Å². The predicted molar refractivity (Wildman–Crippen MR) is 92.8 cm³/mol. The molecule has 1 aromatic rings. The van der Waals surface area contributed by atoms with Gasteiger partial charge in [-0.2, -0.15) is 0 Å². The quantitative estimate of drug-likeness (QED) is 0.845. The van der Waals surface area contributed by atoms with E-state index >= 15 is 0 Å². The number of benzene rings is 1. The molecule has 3 fully saturated rings. The molecule has 124 valence electrons. The summed E-state index contributed by atoms with van der Waals surface area (Å²) >= 11 is 3.51. The summed E-state index contributed by atoms with van der Waals surface area (Å²) in [6, 6.07) is 8.14. The summed E-state index contributed by atoms with van der Waals surface area (Å²) in [5, 5.41) is 10.9. The molecular weight excluding hydrogens is 354 g/mol. The van der Waals surface area contributed by atoms with Crippen molar-refractivity contribution in [1.82, 2.24) is 4.90 Å². The Morgan fingerprint density at radius 3 is 2.57 bits per heavy atom. The van der Waals surface area contributed by atoms with Gasteiger partial charge in [0.15, 0.2) is 0 Å². The lowest BCUT2D eigenvalue weighted by Gasteiger charge is -2.37. The van der Waals surface area contributed by atoms with Crippen LogP contribution in [0, 0.1) is 11.3 Å². The van der Waals surface area contributed by atoms with Gasteiger partial charge < -0.3 is 10.0 Å². The van der Waals surface area contributed by atoms with Crippen LogP contribution in [-0.2, 0) is 11.3 Å². The maximum atomic E-state index is 13.0. The molecule has 4 heteroatoms. The Labute approximate surface area is 146 Å². The highest BCUT2D eigenvalue weighted by atomic mass is 79.9. The van der Waals surface area contributed by atoms with Gasteiger partial charge in [0.2, 0.25) is 5.91 Å². The van der Waals surface area contributed by atoms with Gasteiger partial charge in [-0.15, -0.1) is 0 Å². The first-order valence-electron chi connectivity index (χ1n) is 8.77. The van der Waals surface area contributed by atoms with Gasteiger partial charge in [-0.25, -0.2) is 0 Å². The van der Waals surface area contributed by atoms with Crippen molar-refractivity contribution in [2.24, 2.45) is 11.3 Å². The number of hydrogen-bond acceptors (Lipinski definition) is 2. The number of aliphatic hydroxyl groups is 1. The highest BCUT2D eigenvalue weighted by Crippen LogP contribution is 2.76. The number of rotatable bonds is 5. The Bertz CT molecular complexity index is 618. The third-order valence-corrected chi connectivity index (χ3v) is 6.42. The lowest BCUT2D eigenvalue weighted by molar-refractivity contribution is -0.140. The zero-order valence-corrected chi connectivity index (χ0v) is 15.0. The molecule has 0 bridgehead atoms. The van der Waals surface area contributed by atoms with Crippen molar-refractivity contribution in [2.45, 2.75) is 57.1 Å². The normalized spacial score (nSPS) is 30.4. The molecule has 3 saturated carbocycles. The number of halogens is 1. The molecule has 0 aromatic heterocycles. The molecule has 23 heavy (non-hydrogen) atoms. The zero-order valence-electron chi connectivity index (χ0n) is 13.4. The minimum absolute atomic E-state index is 0.0307. The van der Waals surface area contributed by atoms with E-state index in [9.17, 15) is 9.90 Å². The third-order valence-electron chi connectivity index (χ3n) is 5.93. The Morgan fingerprint density at radius 2 is 1.96 bits per heavy atom. The third kappa shape index (κ3) is 3.08. The molecule has 0 atom stereocenters. The fraction of sp³-hybridized carbons (Fsp3) is 0.632. The number of hydrogen-bond donors (Lipinski definition) is 1. The molecule has 1 aromatic carbocycles. The van der Waals surface area contributed by atoms with Crippen LogP contribution in [0.25, 0.3) is 0 Å². The molecule has 0 aliphatic heterocycles. The van der Waals surface area contributed by atoms with Crippen LogP contribution in [0.15, 0.2) is 28.7 Å². The first-order valence-corrected chi connectivity index (χ1v) is 9.56. The fourth-order valence-electron chi connectivity index (χ4n) is 4.14. The highest BCUT2D eigenvalue weighted by molar-refractivity contribution is 9.10. The molecule has 0 unspecified atom stereocenters. The molecule has 3 aliphatic carbocycles. The lowest BCUT2D eigenvalue weighted by atomic mass is 9.84. The summed E-state index contributed by atoms with van der Waals surface area (Å²) in [6.07, 6.45) is 7.14. The van der Waals surface area contributed by atoms with E-state index in [1.807, 2.05) is 17.0 Å². The Hall–Kier alpha value is -0.870. The SMILES string of the molecule is O=C(N(Cc1cccc(Br)c1)CC1(O)CCCCC1)C12CC1C2. The number of nitrogens with zero attached hydrogens (tertiary/aromatic N) is 1. The summed E-state index contributed by atoms with van der Waals surface area (Å²) in [5.74, 6) is 0.919. The smallest absolute Gasteiger partial charge is 0.229 e. The summed E-state index contributed by atoms with van der Waals surface area (Å²) in [4.78, 5) is 14.9. The van der Waals surface area contributed by atoms with Crippen molar-refractivity contribution >= 4 is 21.8 Å². The van der Waals surface area contributed by atoms with E-state index in [2.05, 4.69) is 28.1 Å². The first-order chi connectivity index (χ1) is 11.0. The summed E-state index contributed by atoms with van der Waals surface area (Å²) < 4.78 is 1.03. The average molecular weight is 378 g/mol. The summed E-state index contributed by atoms with van der Waals surface area (Å²) in [6.45, 7) is 1.10.